The van der Waals surface area contributed by atoms with Gasteiger partial charge in [-0.05, 0) is 52.2 Å². The number of Topliss-reactive ketones (excluding diaryl/α,β-unsaturated/α-hetero) is 1. The monoisotopic (exact) mass is 523 g/mol. The van der Waals surface area contributed by atoms with Crippen molar-refractivity contribution >= 4 is 23.7 Å². The Labute approximate surface area is 223 Å². The molecule has 9 nitrogen and oxygen atoms in total. The maximum atomic E-state index is 13.5. The van der Waals surface area contributed by atoms with Crippen LogP contribution in [0, 0.1) is 0 Å². The van der Waals surface area contributed by atoms with Crippen LogP contribution in [0.4, 0.5) is 4.79 Å². The Morgan fingerprint density at radius 2 is 1.32 bits per heavy atom. The standard InChI is InChI=1S/C29H37N3O6/c1-19(30-27(36)38-28(2,3)4)25(34)32-23(17-21-14-10-7-11-15-21)26(35)31-22(24(33)29(5)18-37-29)16-20-12-8-6-9-13-20/h6-15,19,22-23H,16-18H2,1-5H3,(H,30,36)(H,31,35)(H,32,34)/t19?,22?,23-,29?/m0/s1. The van der Waals surface area contributed by atoms with Crippen LogP contribution in [0.1, 0.15) is 45.7 Å². The van der Waals surface area contributed by atoms with E-state index in [4.69, 9.17) is 9.47 Å². The van der Waals surface area contributed by atoms with Crippen molar-refractivity contribution in [2.45, 2.75) is 76.8 Å². The second-order valence-corrected chi connectivity index (χ2v) is 10.8. The van der Waals surface area contributed by atoms with Crippen LogP contribution in [0.5, 0.6) is 0 Å². The molecule has 0 saturated carbocycles. The third-order valence-electron chi connectivity index (χ3n) is 6.06. The molecule has 1 aliphatic heterocycles. The summed E-state index contributed by atoms with van der Waals surface area (Å²) >= 11 is 0. The summed E-state index contributed by atoms with van der Waals surface area (Å²) in [5.41, 5.74) is 0.0491. The number of epoxide rings is 1. The first-order valence-corrected chi connectivity index (χ1v) is 12.7. The van der Waals surface area contributed by atoms with Crippen LogP contribution in [-0.2, 0) is 36.7 Å². The predicted molar refractivity (Wildman–Crippen MR) is 142 cm³/mol. The number of hydrogen-bond donors (Lipinski definition) is 3. The highest BCUT2D eigenvalue weighted by Crippen LogP contribution is 2.29. The SMILES string of the molecule is CC(NC(=O)OC(C)(C)C)C(=O)N[C@@H](Cc1ccccc1)C(=O)NC(Cc1ccccc1)C(=O)C1(C)CO1. The largest absolute Gasteiger partial charge is 0.444 e. The molecule has 0 radical (unpaired) electrons. The molecule has 1 aliphatic rings. The van der Waals surface area contributed by atoms with Gasteiger partial charge in [-0.2, -0.15) is 0 Å². The summed E-state index contributed by atoms with van der Waals surface area (Å²) in [5, 5.41) is 8.07. The third kappa shape index (κ3) is 8.69. The number of carbonyl (C=O) groups is 4. The topological polar surface area (TPSA) is 126 Å². The Balaban J connectivity index is 1.76. The maximum Gasteiger partial charge on any atom is 0.408 e. The fraction of sp³-hybridized carbons (Fsp3) is 0.448. The Bertz CT molecular complexity index is 1130. The minimum Gasteiger partial charge on any atom is -0.444 e. The van der Waals surface area contributed by atoms with Gasteiger partial charge in [0.05, 0.1) is 12.6 Å². The number of carbonyl (C=O) groups excluding carboxylic acids is 4. The van der Waals surface area contributed by atoms with Gasteiger partial charge in [0.15, 0.2) is 5.78 Å². The first kappa shape index (κ1) is 28.8. The van der Waals surface area contributed by atoms with Crippen molar-refractivity contribution < 1.29 is 28.7 Å². The van der Waals surface area contributed by atoms with Gasteiger partial charge in [-0.1, -0.05) is 60.7 Å². The van der Waals surface area contributed by atoms with Crippen molar-refractivity contribution in [3.8, 4) is 0 Å². The van der Waals surface area contributed by atoms with Crippen molar-refractivity contribution in [1.82, 2.24) is 16.0 Å². The second-order valence-electron chi connectivity index (χ2n) is 10.8. The molecule has 0 bridgehead atoms. The second kappa shape index (κ2) is 12.2. The average Bonchev–Trinajstić information content (AvgIpc) is 3.61. The summed E-state index contributed by atoms with van der Waals surface area (Å²) in [6, 6.07) is 15.8. The highest BCUT2D eigenvalue weighted by molar-refractivity contribution is 5.98. The quantitative estimate of drug-likeness (QED) is 0.389. The summed E-state index contributed by atoms with van der Waals surface area (Å²) in [7, 11) is 0. The van der Waals surface area contributed by atoms with E-state index in [0.717, 1.165) is 11.1 Å². The van der Waals surface area contributed by atoms with Gasteiger partial charge in [0, 0.05) is 6.42 Å². The fourth-order valence-corrected chi connectivity index (χ4v) is 3.86. The van der Waals surface area contributed by atoms with Crippen LogP contribution >= 0.6 is 0 Å². The summed E-state index contributed by atoms with van der Waals surface area (Å²) in [6.45, 7) is 8.66. The number of alkyl carbamates (subject to hydrolysis) is 1. The zero-order chi connectivity index (χ0) is 27.9. The third-order valence-corrected chi connectivity index (χ3v) is 6.06. The van der Waals surface area contributed by atoms with E-state index in [1.807, 2.05) is 60.7 Å². The molecule has 0 aromatic heterocycles. The predicted octanol–water partition coefficient (Wildman–Crippen LogP) is 2.71. The molecule has 38 heavy (non-hydrogen) atoms. The minimum absolute atomic E-state index is 0.192. The van der Waals surface area contributed by atoms with Crippen molar-refractivity contribution in [3.63, 3.8) is 0 Å². The molecule has 3 N–H and O–H groups in total. The maximum absolute atomic E-state index is 13.5. The first-order chi connectivity index (χ1) is 17.9. The molecule has 4 atom stereocenters. The number of ether oxygens (including phenoxy) is 2. The molecule has 3 amide bonds. The summed E-state index contributed by atoms with van der Waals surface area (Å²) in [6.07, 6.45) is -0.264. The van der Waals surface area contributed by atoms with E-state index >= 15 is 0 Å². The molecule has 0 spiro atoms. The van der Waals surface area contributed by atoms with E-state index < -0.39 is 47.2 Å². The molecule has 1 saturated heterocycles. The Morgan fingerprint density at radius 3 is 1.79 bits per heavy atom. The Kier molecular flexibility index (Phi) is 9.27. The fourth-order valence-electron chi connectivity index (χ4n) is 3.86. The Morgan fingerprint density at radius 1 is 0.842 bits per heavy atom. The van der Waals surface area contributed by atoms with Crippen LogP contribution in [0.15, 0.2) is 60.7 Å². The lowest BCUT2D eigenvalue weighted by atomic mass is 9.94. The number of amides is 3. The molecular weight excluding hydrogens is 486 g/mol. The molecule has 2 aromatic rings. The summed E-state index contributed by atoms with van der Waals surface area (Å²) < 4.78 is 10.6. The van der Waals surface area contributed by atoms with Crippen LogP contribution in [0.3, 0.4) is 0 Å². The zero-order valence-corrected chi connectivity index (χ0v) is 22.6. The van der Waals surface area contributed by atoms with Gasteiger partial charge in [-0.15, -0.1) is 0 Å². The molecule has 0 aliphatic carbocycles. The lowest BCUT2D eigenvalue weighted by molar-refractivity contribution is -0.133. The highest BCUT2D eigenvalue weighted by Gasteiger charge is 2.50. The number of benzene rings is 2. The van der Waals surface area contributed by atoms with E-state index in [2.05, 4.69) is 16.0 Å². The number of rotatable bonds is 11. The lowest BCUT2D eigenvalue weighted by Crippen LogP contribution is -2.57. The molecule has 9 heteroatoms. The minimum atomic E-state index is -0.994. The van der Waals surface area contributed by atoms with Gasteiger partial charge in [0.1, 0.15) is 23.3 Å². The van der Waals surface area contributed by atoms with E-state index in [1.54, 1.807) is 27.7 Å². The lowest BCUT2D eigenvalue weighted by Gasteiger charge is -2.26. The van der Waals surface area contributed by atoms with Crippen molar-refractivity contribution in [2.75, 3.05) is 6.61 Å². The zero-order valence-electron chi connectivity index (χ0n) is 22.6. The molecule has 3 unspecified atom stereocenters. The molecule has 3 rings (SSSR count). The number of hydrogen-bond acceptors (Lipinski definition) is 6. The van der Waals surface area contributed by atoms with E-state index in [-0.39, 0.29) is 18.6 Å². The van der Waals surface area contributed by atoms with Crippen LogP contribution in [0.25, 0.3) is 0 Å². The van der Waals surface area contributed by atoms with Crippen molar-refractivity contribution in [1.29, 1.82) is 0 Å². The number of nitrogens with one attached hydrogen (secondary N) is 3. The Hall–Kier alpha value is -3.72. The van der Waals surface area contributed by atoms with E-state index in [0.29, 0.717) is 6.61 Å². The molecule has 1 fully saturated rings. The summed E-state index contributed by atoms with van der Waals surface area (Å²) in [5.74, 6) is -1.29. The van der Waals surface area contributed by atoms with E-state index in [9.17, 15) is 19.2 Å². The van der Waals surface area contributed by atoms with Gasteiger partial charge in [-0.3, -0.25) is 14.4 Å². The van der Waals surface area contributed by atoms with Crippen LogP contribution in [-0.4, -0.2) is 59.6 Å². The molecule has 204 valence electrons. The smallest absolute Gasteiger partial charge is 0.408 e. The van der Waals surface area contributed by atoms with Crippen molar-refractivity contribution in [2.24, 2.45) is 0 Å². The van der Waals surface area contributed by atoms with Gasteiger partial charge >= 0.3 is 6.09 Å². The average molecular weight is 524 g/mol. The van der Waals surface area contributed by atoms with E-state index in [1.165, 1.54) is 6.92 Å². The first-order valence-electron chi connectivity index (χ1n) is 12.7. The molecule has 2 aromatic carbocycles. The van der Waals surface area contributed by atoms with Gasteiger partial charge < -0.3 is 25.4 Å². The van der Waals surface area contributed by atoms with Crippen molar-refractivity contribution in [3.05, 3.63) is 71.8 Å². The molecular formula is C29H37N3O6. The van der Waals surface area contributed by atoms with Gasteiger partial charge in [0.2, 0.25) is 11.8 Å². The molecule has 1 heterocycles. The van der Waals surface area contributed by atoms with Crippen LogP contribution < -0.4 is 16.0 Å². The normalized spacial score (nSPS) is 18.9. The van der Waals surface area contributed by atoms with Gasteiger partial charge in [0.25, 0.3) is 0 Å². The number of ketones is 1. The van der Waals surface area contributed by atoms with Gasteiger partial charge in [-0.25, -0.2) is 4.79 Å². The summed E-state index contributed by atoms with van der Waals surface area (Å²) in [4.78, 5) is 51.9. The van der Waals surface area contributed by atoms with Crippen LogP contribution in [0.2, 0.25) is 0 Å². The highest BCUT2D eigenvalue weighted by atomic mass is 16.6.